The molecule has 0 aliphatic carbocycles. The Bertz CT molecular complexity index is 633. The maximum absolute atomic E-state index is 9.14. The fourth-order valence-corrected chi connectivity index (χ4v) is 1.82. The molecular formula is C12H10BrN5. The molecule has 0 atom stereocenters. The van der Waals surface area contributed by atoms with Gasteiger partial charge in [-0.25, -0.2) is 9.97 Å². The van der Waals surface area contributed by atoms with Crippen molar-refractivity contribution in [3.8, 4) is 6.07 Å². The lowest BCUT2D eigenvalue weighted by Crippen LogP contribution is -2.01. The number of hydrogen-bond acceptors (Lipinski definition) is 5. The van der Waals surface area contributed by atoms with Crippen molar-refractivity contribution in [3.05, 3.63) is 40.1 Å². The summed E-state index contributed by atoms with van der Waals surface area (Å²) in [5.74, 6) is 0.878. The van der Waals surface area contributed by atoms with Crippen LogP contribution in [0.4, 0.5) is 17.3 Å². The largest absolute Gasteiger partial charge is 0.383 e. The van der Waals surface area contributed by atoms with E-state index in [1.807, 2.05) is 25.1 Å². The fourth-order valence-electron chi connectivity index (χ4n) is 1.52. The van der Waals surface area contributed by atoms with Crippen LogP contribution < -0.4 is 11.1 Å². The average molecular weight is 304 g/mol. The Balaban J connectivity index is 2.44. The topological polar surface area (TPSA) is 87.6 Å². The molecule has 1 heterocycles. The lowest BCUT2D eigenvalue weighted by molar-refractivity contribution is 1.16. The first-order valence-electron chi connectivity index (χ1n) is 5.16. The van der Waals surface area contributed by atoms with Crippen LogP contribution in [0.2, 0.25) is 0 Å². The molecule has 0 unspecified atom stereocenters. The van der Waals surface area contributed by atoms with E-state index in [1.165, 1.54) is 6.33 Å². The lowest BCUT2D eigenvalue weighted by atomic mass is 10.1. The second kappa shape index (κ2) is 5.02. The van der Waals surface area contributed by atoms with Gasteiger partial charge in [-0.15, -0.1) is 0 Å². The number of benzene rings is 1. The van der Waals surface area contributed by atoms with Gasteiger partial charge in [-0.05, 0) is 34.5 Å². The normalized spacial score (nSPS) is 9.83. The zero-order valence-electron chi connectivity index (χ0n) is 9.61. The first-order valence-corrected chi connectivity index (χ1v) is 5.95. The van der Waals surface area contributed by atoms with E-state index in [4.69, 9.17) is 11.0 Å². The molecule has 0 bridgehead atoms. The Labute approximate surface area is 113 Å². The van der Waals surface area contributed by atoms with Gasteiger partial charge in [-0.1, -0.05) is 12.1 Å². The van der Waals surface area contributed by atoms with Crippen molar-refractivity contribution in [1.82, 2.24) is 9.97 Å². The molecule has 18 heavy (non-hydrogen) atoms. The van der Waals surface area contributed by atoms with Gasteiger partial charge in [0.25, 0.3) is 0 Å². The quantitative estimate of drug-likeness (QED) is 0.890. The first-order chi connectivity index (χ1) is 8.63. The van der Waals surface area contributed by atoms with Crippen LogP contribution >= 0.6 is 15.9 Å². The molecule has 0 saturated heterocycles. The lowest BCUT2D eigenvalue weighted by Gasteiger charge is -2.10. The van der Waals surface area contributed by atoms with Gasteiger partial charge in [-0.3, -0.25) is 0 Å². The van der Waals surface area contributed by atoms with Crippen LogP contribution in [0.5, 0.6) is 0 Å². The molecule has 90 valence electrons. The minimum Gasteiger partial charge on any atom is -0.383 e. The van der Waals surface area contributed by atoms with E-state index in [-0.39, 0.29) is 0 Å². The molecule has 0 aliphatic heterocycles. The van der Waals surface area contributed by atoms with E-state index in [9.17, 15) is 0 Å². The predicted octanol–water partition coefficient (Wildman–Crippen LogP) is 2.75. The van der Waals surface area contributed by atoms with E-state index in [2.05, 4.69) is 37.3 Å². The standard InChI is InChI=1S/C12H10BrN5/c1-7-3-2-4-9(8(7)5-14)18-12-10(13)11(15)16-6-17-12/h2-4,6H,1H3,(H3,15,16,17,18). The Hall–Kier alpha value is -2.13. The van der Waals surface area contributed by atoms with Crippen LogP contribution in [0.1, 0.15) is 11.1 Å². The van der Waals surface area contributed by atoms with Crippen molar-refractivity contribution in [2.24, 2.45) is 0 Å². The Morgan fingerprint density at radius 2 is 2.17 bits per heavy atom. The van der Waals surface area contributed by atoms with E-state index in [1.54, 1.807) is 0 Å². The highest BCUT2D eigenvalue weighted by Crippen LogP contribution is 2.29. The summed E-state index contributed by atoms with van der Waals surface area (Å²) in [7, 11) is 0. The minimum atomic E-state index is 0.346. The SMILES string of the molecule is Cc1cccc(Nc2ncnc(N)c2Br)c1C#N. The average Bonchev–Trinajstić information content (AvgIpc) is 2.35. The van der Waals surface area contributed by atoms with E-state index in [0.717, 1.165) is 5.56 Å². The highest BCUT2D eigenvalue weighted by molar-refractivity contribution is 9.10. The molecule has 1 aromatic heterocycles. The maximum atomic E-state index is 9.14. The summed E-state index contributed by atoms with van der Waals surface area (Å²) in [5, 5.41) is 12.2. The minimum absolute atomic E-state index is 0.346. The number of anilines is 3. The highest BCUT2D eigenvalue weighted by atomic mass is 79.9. The van der Waals surface area contributed by atoms with Crippen LogP contribution in [0.15, 0.2) is 29.0 Å². The molecule has 0 amide bonds. The number of nitrogens with one attached hydrogen (secondary N) is 1. The van der Waals surface area contributed by atoms with Crippen LogP contribution in [0, 0.1) is 18.3 Å². The number of halogens is 1. The van der Waals surface area contributed by atoms with E-state index >= 15 is 0 Å². The Morgan fingerprint density at radius 1 is 1.39 bits per heavy atom. The molecule has 2 aromatic rings. The predicted molar refractivity (Wildman–Crippen MR) is 73.3 cm³/mol. The number of nitrogens with two attached hydrogens (primary N) is 1. The molecule has 0 fully saturated rings. The molecule has 6 heteroatoms. The zero-order chi connectivity index (χ0) is 13.1. The van der Waals surface area contributed by atoms with Gasteiger partial charge in [0, 0.05) is 0 Å². The molecule has 1 aromatic carbocycles. The van der Waals surface area contributed by atoms with Crippen molar-refractivity contribution in [3.63, 3.8) is 0 Å². The third-order valence-electron chi connectivity index (χ3n) is 2.45. The van der Waals surface area contributed by atoms with Crippen molar-refractivity contribution in [1.29, 1.82) is 5.26 Å². The van der Waals surface area contributed by atoms with Crippen molar-refractivity contribution in [2.45, 2.75) is 6.92 Å². The highest BCUT2D eigenvalue weighted by Gasteiger charge is 2.09. The Morgan fingerprint density at radius 3 is 2.89 bits per heavy atom. The van der Waals surface area contributed by atoms with Crippen LogP contribution in [0.25, 0.3) is 0 Å². The number of nitriles is 1. The summed E-state index contributed by atoms with van der Waals surface area (Å²) in [5.41, 5.74) is 7.85. The number of rotatable bonds is 2. The summed E-state index contributed by atoms with van der Waals surface area (Å²) in [6.45, 7) is 1.88. The summed E-state index contributed by atoms with van der Waals surface area (Å²) < 4.78 is 0.579. The van der Waals surface area contributed by atoms with Gasteiger partial charge < -0.3 is 11.1 Å². The molecule has 0 radical (unpaired) electrons. The van der Waals surface area contributed by atoms with Gasteiger partial charge in [0.1, 0.15) is 28.5 Å². The molecule has 0 spiro atoms. The van der Waals surface area contributed by atoms with Gasteiger partial charge >= 0.3 is 0 Å². The number of nitrogens with zero attached hydrogens (tertiary/aromatic N) is 3. The molecule has 0 aliphatic rings. The second-order valence-corrected chi connectivity index (χ2v) is 4.45. The molecule has 5 nitrogen and oxygen atoms in total. The van der Waals surface area contributed by atoms with Gasteiger partial charge in [0.15, 0.2) is 0 Å². The summed E-state index contributed by atoms with van der Waals surface area (Å²) in [4.78, 5) is 7.94. The summed E-state index contributed by atoms with van der Waals surface area (Å²) in [6, 6.07) is 7.74. The van der Waals surface area contributed by atoms with E-state index in [0.29, 0.717) is 27.4 Å². The Kier molecular flexibility index (Phi) is 3.44. The van der Waals surface area contributed by atoms with Gasteiger partial charge in [0.2, 0.25) is 0 Å². The van der Waals surface area contributed by atoms with Gasteiger partial charge in [0.05, 0.1) is 11.3 Å². The first kappa shape index (κ1) is 12.3. The summed E-state index contributed by atoms with van der Waals surface area (Å²) >= 11 is 3.31. The van der Waals surface area contributed by atoms with Crippen molar-refractivity contribution < 1.29 is 0 Å². The van der Waals surface area contributed by atoms with Crippen LogP contribution in [-0.2, 0) is 0 Å². The third kappa shape index (κ3) is 2.26. The monoisotopic (exact) mass is 303 g/mol. The number of hydrogen-bond donors (Lipinski definition) is 2. The van der Waals surface area contributed by atoms with Gasteiger partial charge in [-0.2, -0.15) is 5.26 Å². The number of nitrogen functional groups attached to an aromatic ring is 1. The van der Waals surface area contributed by atoms with Crippen molar-refractivity contribution in [2.75, 3.05) is 11.1 Å². The maximum Gasteiger partial charge on any atom is 0.150 e. The number of aryl methyl sites for hydroxylation is 1. The van der Waals surface area contributed by atoms with Crippen LogP contribution in [0.3, 0.4) is 0 Å². The third-order valence-corrected chi connectivity index (χ3v) is 3.24. The smallest absolute Gasteiger partial charge is 0.150 e. The zero-order valence-corrected chi connectivity index (χ0v) is 11.2. The number of aromatic nitrogens is 2. The van der Waals surface area contributed by atoms with Crippen LogP contribution in [-0.4, -0.2) is 9.97 Å². The van der Waals surface area contributed by atoms with Crippen molar-refractivity contribution >= 4 is 33.3 Å². The second-order valence-electron chi connectivity index (χ2n) is 3.66. The summed E-state index contributed by atoms with van der Waals surface area (Å²) in [6.07, 6.45) is 1.37. The molecule has 3 N–H and O–H groups in total. The van der Waals surface area contributed by atoms with E-state index < -0.39 is 0 Å². The molecular weight excluding hydrogens is 294 g/mol. The molecule has 2 rings (SSSR count). The molecule has 0 saturated carbocycles. The fraction of sp³-hybridized carbons (Fsp3) is 0.0833.